The van der Waals surface area contributed by atoms with E-state index in [1.165, 1.54) is 0 Å². The predicted octanol–water partition coefficient (Wildman–Crippen LogP) is 2.93. The quantitative estimate of drug-likeness (QED) is 0.705. The smallest absolute Gasteiger partial charge is 0.272 e. The van der Waals surface area contributed by atoms with Gasteiger partial charge in [-0.1, -0.05) is 11.2 Å². The lowest BCUT2D eigenvalue weighted by Gasteiger charge is -2.31. The van der Waals surface area contributed by atoms with Crippen LogP contribution >= 0.6 is 11.3 Å². The molecule has 4 heterocycles. The highest BCUT2D eigenvalue weighted by atomic mass is 32.1. The molecule has 136 valence electrons. The minimum atomic E-state index is 0.0525. The fraction of sp³-hybridized carbons (Fsp3) is 0.444. The number of rotatable bonds is 4. The Morgan fingerprint density at radius 1 is 1.38 bits per heavy atom. The van der Waals surface area contributed by atoms with Crippen LogP contribution in [0.4, 0.5) is 0 Å². The van der Waals surface area contributed by atoms with Gasteiger partial charge in [0.15, 0.2) is 5.82 Å². The molecule has 1 aliphatic heterocycles. The molecule has 3 aromatic rings. The molecule has 1 saturated heterocycles. The van der Waals surface area contributed by atoms with Gasteiger partial charge in [-0.15, -0.1) is 11.3 Å². The fourth-order valence-electron chi connectivity index (χ4n) is 3.40. The largest absolute Gasteiger partial charge is 0.340 e. The molecule has 1 fully saturated rings. The van der Waals surface area contributed by atoms with Gasteiger partial charge in [-0.3, -0.25) is 9.48 Å². The third-order valence-electron chi connectivity index (χ3n) is 4.82. The van der Waals surface area contributed by atoms with E-state index in [2.05, 4.69) is 15.2 Å². The summed E-state index contributed by atoms with van der Waals surface area (Å²) < 4.78 is 6.72. The van der Waals surface area contributed by atoms with Gasteiger partial charge in [-0.2, -0.15) is 10.1 Å². The number of carbonyl (C=O) groups excluding carboxylic acids is 1. The average Bonchev–Trinajstić information content (AvgIpc) is 3.36. The van der Waals surface area contributed by atoms with Gasteiger partial charge in [0, 0.05) is 33.5 Å². The van der Waals surface area contributed by atoms with Gasteiger partial charge in [0.05, 0.1) is 4.88 Å². The molecule has 1 aliphatic rings. The highest BCUT2D eigenvalue weighted by Crippen LogP contribution is 2.26. The molecular formula is C18H21N5O2S. The lowest BCUT2D eigenvalue weighted by Crippen LogP contribution is -2.39. The lowest BCUT2D eigenvalue weighted by atomic mass is 9.93. The van der Waals surface area contributed by atoms with Crippen LogP contribution in [0, 0.1) is 12.8 Å². The monoisotopic (exact) mass is 371 g/mol. The van der Waals surface area contributed by atoms with E-state index in [0.717, 1.165) is 48.7 Å². The molecule has 0 spiro atoms. The van der Waals surface area contributed by atoms with Crippen LogP contribution in [0.25, 0.3) is 10.6 Å². The summed E-state index contributed by atoms with van der Waals surface area (Å²) in [6.07, 6.45) is 2.72. The summed E-state index contributed by atoms with van der Waals surface area (Å²) in [5.74, 6) is 1.91. The Balaban J connectivity index is 1.39. The Morgan fingerprint density at radius 3 is 2.85 bits per heavy atom. The van der Waals surface area contributed by atoms with E-state index < -0.39 is 0 Å². The van der Waals surface area contributed by atoms with Crippen molar-refractivity contribution in [2.45, 2.75) is 26.2 Å². The molecular weight excluding hydrogens is 350 g/mol. The van der Waals surface area contributed by atoms with Gasteiger partial charge < -0.3 is 9.42 Å². The first-order chi connectivity index (χ1) is 12.6. The number of aromatic nitrogens is 4. The van der Waals surface area contributed by atoms with Crippen LogP contribution < -0.4 is 0 Å². The zero-order chi connectivity index (χ0) is 18.1. The average molecular weight is 371 g/mol. The Hall–Kier alpha value is -2.48. The van der Waals surface area contributed by atoms with E-state index in [9.17, 15) is 4.79 Å². The molecule has 0 aliphatic carbocycles. The first-order valence-electron chi connectivity index (χ1n) is 8.76. The molecule has 3 aromatic heterocycles. The second kappa shape index (κ2) is 7.03. The molecule has 0 unspecified atom stereocenters. The Labute approximate surface area is 155 Å². The van der Waals surface area contributed by atoms with Gasteiger partial charge in [0.2, 0.25) is 5.89 Å². The molecule has 4 rings (SSSR count). The summed E-state index contributed by atoms with van der Waals surface area (Å²) >= 11 is 1.63. The van der Waals surface area contributed by atoms with Crippen molar-refractivity contribution in [1.29, 1.82) is 0 Å². The first-order valence-corrected chi connectivity index (χ1v) is 9.64. The maximum absolute atomic E-state index is 12.9. The fourth-order valence-corrected chi connectivity index (χ4v) is 4.08. The Morgan fingerprint density at radius 2 is 2.19 bits per heavy atom. The normalized spacial score (nSPS) is 15.5. The summed E-state index contributed by atoms with van der Waals surface area (Å²) in [5.41, 5.74) is 1.49. The standard InChI is InChI=1S/C18H21N5O2S/c1-12-19-17(21-25-12)10-13-5-7-23(8-6-13)18(24)15-11-14(20-22(15)2)16-4-3-9-26-16/h3-4,9,11,13H,5-8,10H2,1-2H3. The van der Waals surface area contributed by atoms with Crippen LogP contribution in [-0.2, 0) is 13.5 Å². The summed E-state index contributed by atoms with van der Waals surface area (Å²) in [6, 6.07) is 5.90. The number of carbonyl (C=O) groups is 1. The summed E-state index contributed by atoms with van der Waals surface area (Å²) in [4.78, 5) is 20.2. The molecule has 1 amide bonds. The van der Waals surface area contributed by atoms with Crippen LogP contribution in [0.2, 0.25) is 0 Å². The van der Waals surface area contributed by atoms with Crippen molar-refractivity contribution in [3.63, 3.8) is 0 Å². The number of amides is 1. The number of thiophene rings is 1. The third-order valence-corrected chi connectivity index (χ3v) is 5.71. The van der Waals surface area contributed by atoms with E-state index in [1.807, 2.05) is 35.5 Å². The number of likely N-dealkylation sites (tertiary alicyclic amines) is 1. The molecule has 0 atom stereocenters. The van der Waals surface area contributed by atoms with E-state index in [4.69, 9.17) is 4.52 Å². The SMILES string of the molecule is Cc1nc(CC2CCN(C(=O)c3cc(-c4cccs4)nn3C)CC2)no1. The highest BCUT2D eigenvalue weighted by Gasteiger charge is 2.27. The molecule has 0 N–H and O–H groups in total. The van der Waals surface area contributed by atoms with Crippen molar-refractivity contribution in [3.05, 3.63) is 41.0 Å². The van der Waals surface area contributed by atoms with Crippen LogP contribution in [0.5, 0.6) is 0 Å². The van der Waals surface area contributed by atoms with Crippen molar-refractivity contribution in [2.75, 3.05) is 13.1 Å². The number of piperidine rings is 1. The minimum absolute atomic E-state index is 0.0525. The van der Waals surface area contributed by atoms with E-state index >= 15 is 0 Å². The maximum Gasteiger partial charge on any atom is 0.272 e. The van der Waals surface area contributed by atoms with Gasteiger partial charge in [0.1, 0.15) is 11.4 Å². The van der Waals surface area contributed by atoms with Gasteiger partial charge in [-0.25, -0.2) is 0 Å². The van der Waals surface area contributed by atoms with E-state index in [-0.39, 0.29) is 5.91 Å². The minimum Gasteiger partial charge on any atom is -0.340 e. The predicted molar refractivity (Wildman–Crippen MR) is 97.9 cm³/mol. The molecule has 0 aromatic carbocycles. The zero-order valence-corrected chi connectivity index (χ0v) is 15.7. The highest BCUT2D eigenvalue weighted by molar-refractivity contribution is 7.13. The van der Waals surface area contributed by atoms with Crippen molar-refractivity contribution < 1.29 is 9.32 Å². The summed E-state index contributed by atoms with van der Waals surface area (Å²) in [7, 11) is 1.83. The van der Waals surface area contributed by atoms with Gasteiger partial charge in [0.25, 0.3) is 5.91 Å². The molecule has 0 saturated carbocycles. The van der Waals surface area contributed by atoms with Crippen LogP contribution in [0.15, 0.2) is 28.1 Å². The van der Waals surface area contributed by atoms with E-state index in [0.29, 0.717) is 17.5 Å². The number of aryl methyl sites for hydroxylation is 2. The van der Waals surface area contributed by atoms with Crippen LogP contribution in [0.3, 0.4) is 0 Å². The summed E-state index contributed by atoms with van der Waals surface area (Å²) in [6.45, 7) is 3.30. The first kappa shape index (κ1) is 17.0. The maximum atomic E-state index is 12.9. The molecule has 0 bridgehead atoms. The van der Waals surface area contributed by atoms with Crippen molar-refractivity contribution >= 4 is 17.2 Å². The van der Waals surface area contributed by atoms with Gasteiger partial charge in [-0.05, 0) is 36.3 Å². The van der Waals surface area contributed by atoms with Crippen molar-refractivity contribution in [2.24, 2.45) is 13.0 Å². The molecule has 7 nitrogen and oxygen atoms in total. The zero-order valence-electron chi connectivity index (χ0n) is 14.9. The topological polar surface area (TPSA) is 77.1 Å². The van der Waals surface area contributed by atoms with Crippen molar-refractivity contribution in [3.8, 4) is 10.6 Å². The Bertz CT molecular complexity index is 891. The second-order valence-electron chi connectivity index (χ2n) is 6.69. The lowest BCUT2D eigenvalue weighted by molar-refractivity contribution is 0.0678. The summed E-state index contributed by atoms with van der Waals surface area (Å²) in [5, 5.41) is 10.5. The second-order valence-corrected chi connectivity index (χ2v) is 7.63. The number of nitrogens with zero attached hydrogens (tertiary/aromatic N) is 5. The number of hydrogen-bond donors (Lipinski definition) is 0. The molecule has 0 radical (unpaired) electrons. The molecule has 26 heavy (non-hydrogen) atoms. The third kappa shape index (κ3) is 3.41. The van der Waals surface area contributed by atoms with Gasteiger partial charge >= 0.3 is 0 Å². The Kier molecular flexibility index (Phi) is 4.58. The van der Waals surface area contributed by atoms with Crippen LogP contribution in [-0.4, -0.2) is 43.8 Å². The number of hydrogen-bond acceptors (Lipinski definition) is 6. The molecule has 8 heteroatoms. The van der Waals surface area contributed by atoms with E-state index in [1.54, 1.807) is 22.9 Å². The van der Waals surface area contributed by atoms with Crippen molar-refractivity contribution in [1.82, 2.24) is 24.8 Å². The van der Waals surface area contributed by atoms with Crippen LogP contribution in [0.1, 0.15) is 35.0 Å².